The van der Waals surface area contributed by atoms with Crippen molar-refractivity contribution in [1.82, 2.24) is 4.90 Å². The number of likely N-dealkylation sites (N-methyl/N-ethyl adjacent to an activating group) is 1. The first kappa shape index (κ1) is 12.6. The van der Waals surface area contributed by atoms with Crippen molar-refractivity contribution in [3.8, 4) is 6.07 Å². The number of nitriles is 1. The summed E-state index contributed by atoms with van der Waals surface area (Å²) in [6, 6.07) is 8.13. The first-order chi connectivity index (χ1) is 9.19. The molecule has 3 nitrogen and oxygen atoms in total. The van der Waals surface area contributed by atoms with Crippen molar-refractivity contribution < 1.29 is 0 Å². The van der Waals surface area contributed by atoms with E-state index in [1.807, 2.05) is 22.5 Å². The Balaban J connectivity index is 1.97. The molecular formula is C15H17N3S. The van der Waals surface area contributed by atoms with E-state index in [-0.39, 0.29) is 0 Å². The van der Waals surface area contributed by atoms with Crippen molar-refractivity contribution >= 4 is 18.5 Å². The molecule has 19 heavy (non-hydrogen) atoms. The number of hydrogen-bond donors (Lipinski definition) is 1. The number of hydrogen-bond acceptors (Lipinski definition) is 4. The van der Waals surface area contributed by atoms with Gasteiger partial charge >= 0.3 is 0 Å². The fraction of sp³-hybridized carbons (Fsp3) is 0.400. The van der Waals surface area contributed by atoms with E-state index in [0.29, 0.717) is 5.92 Å². The zero-order valence-corrected chi connectivity index (χ0v) is 11.9. The van der Waals surface area contributed by atoms with Crippen molar-refractivity contribution in [1.29, 1.82) is 5.26 Å². The number of nitrogens with zero attached hydrogens (tertiary/aromatic N) is 3. The van der Waals surface area contributed by atoms with E-state index >= 15 is 0 Å². The van der Waals surface area contributed by atoms with Crippen LogP contribution in [0.15, 0.2) is 29.8 Å². The second kappa shape index (κ2) is 4.92. The quantitative estimate of drug-likeness (QED) is 0.629. The van der Waals surface area contributed by atoms with Crippen LogP contribution in [0.5, 0.6) is 0 Å². The van der Waals surface area contributed by atoms with Gasteiger partial charge in [0, 0.05) is 25.6 Å². The van der Waals surface area contributed by atoms with Crippen LogP contribution in [0.2, 0.25) is 0 Å². The maximum absolute atomic E-state index is 9.06. The van der Waals surface area contributed by atoms with Crippen molar-refractivity contribution in [2.45, 2.75) is 12.3 Å². The van der Waals surface area contributed by atoms with E-state index < -0.39 is 0 Å². The van der Waals surface area contributed by atoms with Gasteiger partial charge in [0.15, 0.2) is 0 Å². The van der Waals surface area contributed by atoms with E-state index in [0.717, 1.165) is 37.3 Å². The maximum Gasteiger partial charge on any atom is 0.0991 e. The van der Waals surface area contributed by atoms with Crippen LogP contribution < -0.4 is 4.31 Å². The molecule has 0 saturated carbocycles. The summed E-state index contributed by atoms with van der Waals surface area (Å²) in [6.45, 7) is 3.04. The summed E-state index contributed by atoms with van der Waals surface area (Å²) in [4.78, 5) is 2.32. The molecule has 0 fully saturated rings. The van der Waals surface area contributed by atoms with Crippen molar-refractivity contribution in [2.75, 3.05) is 31.0 Å². The van der Waals surface area contributed by atoms with E-state index in [4.69, 9.17) is 5.26 Å². The van der Waals surface area contributed by atoms with Gasteiger partial charge in [-0.3, -0.25) is 0 Å². The molecule has 0 N–H and O–H groups in total. The SMILES string of the molecule is CN1CC=C(C2CN(S)c3ccc(C#N)cc32)CC1. The number of benzene rings is 1. The van der Waals surface area contributed by atoms with Crippen LogP contribution in [0.1, 0.15) is 23.5 Å². The first-order valence-corrected chi connectivity index (χ1v) is 6.97. The summed E-state index contributed by atoms with van der Waals surface area (Å²) in [7, 11) is 2.15. The molecule has 4 heteroatoms. The predicted octanol–water partition coefficient (Wildman–Crippen LogP) is 2.57. The van der Waals surface area contributed by atoms with Crippen LogP contribution in [-0.4, -0.2) is 31.6 Å². The van der Waals surface area contributed by atoms with Gasteiger partial charge < -0.3 is 9.21 Å². The van der Waals surface area contributed by atoms with Crippen LogP contribution in [0.25, 0.3) is 0 Å². The number of thiol groups is 1. The normalized spacial score (nSPS) is 22.9. The van der Waals surface area contributed by atoms with Gasteiger partial charge in [0.2, 0.25) is 0 Å². The average molecular weight is 271 g/mol. The Bertz CT molecular complexity index is 573. The highest BCUT2D eigenvalue weighted by atomic mass is 32.1. The highest BCUT2D eigenvalue weighted by molar-refractivity contribution is 7.81. The largest absolute Gasteiger partial charge is 0.318 e. The minimum Gasteiger partial charge on any atom is -0.318 e. The smallest absolute Gasteiger partial charge is 0.0991 e. The summed E-state index contributed by atoms with van der Waals surface area (Å²) < 4.78 is 2.00. The van der Waals surface area contributed by atoms with Gasteiger partial charge in [-0.05, 0) is 37.2 Å². The third-order valence-corrected chi connectivity index (χ3v) is 4.44. The Hall–Kier alpha value is -1.44. The van der Waals surface area contributed by atoms with Crippen LogP contribution in [0.4, 0.5) is 5.69 Å². The number of anilines is 1. The topological polar surface area (TPSA) is 30.3 Å². The standard InChI is InChI=1S/C15H17N3S/c1-17-6-4-12(5-7-17)14-10-18(19)15-3-2-11(9-16)8-13(14)15/h2-4,8,14,19H,5-7,10H2,1H3. The molecule has 2 aliphatic rings. The second-order valence-electron chi connectivity index (χ2n) is 5.31. The zero-order valence-electron chi connectivity index (χ0n) is 11.0. The summed E-state index contributed by atoms with van der Waals surface area (Å²) in [5.41, 5.74) is 4.63. The molecule has 0 amide bonds. The highest BCUT2D eigenvalue weighted by Crippen LogP contribution is 2.42. The van der Waals surface area contributed by atoms with E-state index in [1.54, 1.807) is 0 Å². The van der Waals surface area contributed by atoms with E-state index in [1.165, 1.54) is 11.1 Å². The van der Waals surface area contributed by atoms with Gasteiger partial charge in [0.1, 0.15) is 0 Å². The molecule has 0 aromatic heterocycles. The molecule has 2 heterocycles. The lowest BCUT2D eigenvalue weighted by atomic mass is 9.88. The molecule has 0 spiro atoms. The van der Waals surface area contributed by atoms with Crippen molar-refractivity contribution in [3.05, 3.63) is 41.0 Å². The van der Waals surface area contributed by atoms with Crippen LogP contribution in [0.3, 0.4) is 0 Å². The van der Waals surface area contributed by atoms with Crippen LogP contribution >= 0.6 is 12.8 Å². The van der Waals surface area contributed by atoms with Gasteiger partial charge in [0.05, 0.1) is 17.3 Å². The minimum atomic E-state index is 0.398. The maximum atomic E-state index is 9.06. The van der Waals surface area contributed by atoms with Gasteiger partial charge in [-0.2, -0.15) is 5.26 Å². The Morgan fingerprint density at radius 3 is 2.95 bits per heavy atom. The third-order valence-electron chi connectivity index (χ3n) is 4.06. The molecule has 98 valence electrons. The monoisotopic (exact) mass is 271 g/mol. The summed E-state index contributed by atoms with van der Waals surface area (Å²) in [5, 5.41) is 9.06. The highest BCUT2D eigenvalue weighted by Gasteiger charge is 2.30. The number of rotatable bonds is 1. The van der Waals surface area contributed by atoms with E-state index in [9.17, 15) is 0 Å². The molecule has 1 aromatic carbocycles. The molecule has 0 bridgehead atoms. The minimum absolute atomic E-state index is 0.398. The van der Waals surface area contributed by atoms with Crippen LogP contribution in [-0.2, 0) is 0 Å². The average Bonchev–Trinajstić information content (AvgIpc) is 2.76. The third kappa shape index (κ3) is 2.24. The summed E-state index contributed by atoms with van der Waals surface area (Å²) in [6.07, 6.45) is 3.45. The second-order valence-corrected chi connectivity index (χ2v) is 5.79. The molecule has 3 rings (SSSR count). The lowest BCUT2D eigenvalue weighted by Crippen LogP contribution is -2.26. The van der Waals surface area contributed by atoms with Gasteiger partial charge in [-0.1, -0.05) is 24.5 Å². The van der Waals surface area contributed by atoms with Gasteiger partial charge in [-0.25, -0.2) is 0 Å². The number of fused-ring (bicyclic) bond motifs is 1. The summed E-state index contributed by atoms with van der Waals surface area (Å²) in [5.74, 6) is 0.398. The lowest BCUT2D eigenvalue weighted by molar-refractivity contribution is 0.354. The first-order valence-electron chi connectivity index (χ1n) is 6.57. The Morgan fingerprint density at radius 2 is 2.26 bits per heavy atom. The molecule has 1 aromatic rings. The molecular weight excluding hydrogens is 254 g/mol. The molecule has 0 radical (unpaired) electrons. The molecule has 0 saturated heterocycles. The summed E-state index contributed by atoms with van der Waals surface area (Å²) >= 11 is 4.54. The predicted molar refractivity (Wildman–Crippen MR) is 80.4 cm³/mol. The fourth-order valence-corrected chi connectivity index (χ4v) is 3.27. The lowest BCUT2D eigenvalue weighted by Gasteiger charge is -2.25. The van der Waals surface area contributed by atoms with Gasteiger partial charge in [0.25, 0.3) is 0 Å². The molecule has 1 unspecified atom stereocenters. The van der Waals surface area contributed by atoms with Crippen molar-refractivity contribution in [2.24, 2.45) is 0 Å². The Morgan fingerprint density at radius 1 is 1.42 bits per heavy atom. The Kier molecular flexibility index (Phi) is 3.26. The zero-order chi connectivity index (χ0) is 13.4. The van der Waals surface area contributed by atoms with Gasteiger partial charge in [-0.15, -0.1) is 0 Å². The fourth-order valence-electron chi connectivity index (χ4n) is 2.93. The molecule has 0 aliphatic carbocycles. The Labute approximate surface area is 119 Å². The molecule has 2 aliphatic heterocycles. The van der Waals surface area contributed by atoms with Crippen LogP contribution in [0, 0.1) is 11.3 Å². The van der Waals surface area contributed by atoms with Crippen molar-refractivity contribution in [3.63, 3.8) is 0 Å². The van der Waals surface area contributed by atoms with E-state index in [2.05, 4.69) is 36.9 Å². The molecule has 1 atom stereocenters.